The molecule has 2 unspecified atom stereocenters. The minimum absolute atomic E-state index is 0.0683. The van der Waals surface area contributed by atoms with Gasteiger partial charge in [-0.05, 0) is 123 Å². The first-order valence-electron chi connectivity index (χ1n) is 14.6. The molecule has 1 aromatic carbocycles. The van der Waals surface area contributed by atoms with Crippen molar-refractivity contribution >= 4 is 11.5 Å². The van der Waals surface area contributed by atoms with Crippen molar-refractivity contribution in [2.24, 2.45) is 23.0 Å². The Balaban J connectivity index is 1.41. The predicted octanol–water partition coefficient (Wildman–Crippen LogP) is 6.05. The van der Waals surface area contributed by atoms with E-state index in [0.717, 1.165) is 44.9 Å². The number of hydrogen-bond donors (Lipinski definition) is 2. The minimum atomic E-state index is -0.207. The zero-order valence-electron chi connectivity index (χ0n) is 22.1. The zero-order chi connectivity index (χ0) is 24.9. The Hall–Kier alpha value is -1.91. The Morgan fingerprint density at radius 1 is 1.06 bits per heavy atom. The summed E-state index contributed by atoms with van der Waals surface area (Å²) in [6.07, 6.45) is 14.7. The Morgan fingerprint density at radius 3 is 2.58 bits per heavy atom. The molecule has 1 saturated heterocycles. The Kier molecular flexibility index (Phi) is 6.40. The number of nitrogens with two attached hydrogens (primary N) is 1. The number of hydrogen-bond acceptors (Lipinski definition) is 4. The summed E-state index contributed by atoms with van der Waals surface area (Å²) in [5.74, 6) is 1.85. The third-order valence-corrected chi connectivity index (χ3v) is 11.0. The van der Waals surface area contributed by atoms with E-state index in [-0.39, 0.29) is 17.6 Å². The number of aliphatic hydroxyl groups excluding tert-OH is 1. The van der Waals surface area contributed by atoms with Gasteiger partial charge in [-0.2, -0.15) is 0 Å². The third kappa shape index (κ3) is 3.91. The maximum atomic E-state index is 12.3. The van der Waals surface area contributed by atoms with Crippen molar-refractivity contribution < 1.29 is 9.90 Å². The quantitative estimate of drug-likeness (QED) is 0.530. The molecule has 4 nitrogen and oxygen atoms in total. The summed E-state index contributed by atoms with van der Waals surface area (Å²) >= 11 is 0. The van der Waals surface area contributed by atoms with Gasteiger partial charge in [0.25, 0.3) is 0 Å². The molecule has 1 heterocycles. The van der Waals surface area contributed by atoms with Crippen molar-refractivity contribution in [1.29, 1.82) is 0 Å². The number of rotatable bonds is 5. The molecule has 1 aromatic rings. The van der Waals surface area contributed by atoms with Crippen LogP contribution in [0.2, 0.25) is 0 Å². The van der Waals surface area contributed by atoms with Crippen molar-refractivity contribution in [3.05, 3.63) is 52.6 Å². The highest BCUT2D eigenvalue weighted by atomic mass is 16.3. The zero-order valence-corrected chi connectivity index (χ0v) is 22.1. The van der Waals surface area contributed by atoms with Crippen LogP contribution in [0, 0.1) is 17.3 Å². The van der Waals surface area contributed by atoms with Crippen LogP contribution in [-0.4, -0.2) is 36.1 Å². The maximum absolute atomic E-state index is 12.3. The number of aliphatic hydroxyl groups is 1. The summed E-state index contributed by atoms with van der Waals surface area (Å²) in [6, 6.07) is 9.51. The first kappa shape index (κ1) is 24.4. The molecule has 6 rings (SSSR count). The lowest BCUT2D eigenvalue weighted by Gasteiger charge is -2.55. The van der Waals surface area contributed by atoms with E-state index in [4.69, 9.17) is 5.73 Å². The first-order chi connectivity index (χ1) is 17.4. The van der Waals surface area contributed by atoms with Gasteiger partial charge in [-0.15, -0.1) is 0 Å². The predicted molar refractivity (Wildman–Crippen MR) is 146 cm³/mol. The van der Waals surface area contributed by atoms with Gasteiger partial charge in [-0.25, -0.2) is 0 Å². The number of carbonyl (C=O) groups is 1. The standard InChI is InChI=1S/C32H44N2O2/c1-31-21-28(22-6-9-24(10-7-22)34-17-3-2-4-18-34)30-26-13-11-25(36)20-23(26)8-12-27(30)29(31)14-16-32(31,33)15-5-19-35/h6-7,9-10,20,27-29,35H,2-5,8,11-19,21,33H2,1H3/t27-,28?,29-,31-,32?/m0/s1. The van der Waals surface area contributed by atoms with E-state index in [0.29, 0.717) is 30.0 Å². The van der Waals surface area contributed by atoms with Crippen molar-refractivity contribution in [2.75, 3.05) is 24.6 Å². The summed E-state index contributed by atoms with van der Waals surface area (Å²) in [7, 11) is 0. The van der Waals surface area contributed by atoms with Gasteiger partial charge < -0.3 is 15.7 Å². The van der Waals surface area contributed by atoms with Crippen LogP contribution in [-0.2, 0) is 4.79 Å². The number of benzene rings is 1. The molecule has 0 aromatic heterocycles. The third-order valence-electron chi connectivity index (χ3n) is 11.0. The Labute approximate surface area is 217 Å². The first-order valence-corrected chi connectivity index (χ1v) is 14.6. The van der Waals surface area contributed by atoms with Gasteiger partial charge in [0, 0.05) is 43.3 Å². The van der Waals surface area contributed by atoms with E-state index in [9.17, 15) is 9.90 Å². The van der Waals surface area contributed by atoms with Crippen molar-refractivity contribution in [3.8, 4) is 0 Å². The monoisotopic (exact) mass is 488 g/mol. The number of anilines is 1. The Bertz CT molecular complexity index is 1070. The van der Waals surface area contributed by atoms with E-state index >= 15 is 0 Å². The molecule has 0 spiro atoms. The number of ketones is 1. The van der Waals surface area contributed by atoms with Gasteiger partial charge in [0.1, 0.15) is 0 Å². The van der Waals surface area contributed by atoms with Gasteiger partial charge in [0.05, 0.1) is 0 Å². The summed E-state index contributed by atoms with van der Waals surface area (Å²) in [5.41, 5.74) is 14.4. The summed E-state index contributed by atoms with van der Waals surface area (Å²) in [5, 5.41) is 9.62. The van der Waals surface area contributed by atoms with Crippen LogP contribution >= 0.6 is 0 Å². The topological polar surface area (TPSA) is 66.6 Å². The van der Waals surface area contributed by atoms with Crippen LogP contribution in [0.15, 0.2) is 47.1 Å². The molecule has 0 radical (unpaired) electrons. The van der Waals surface area contributed by atoms with E-state index in [2.05, 4.69) is 36.1 Å². The minimum Gasteiger partial charge on any atom is -0.396 e. The average Bonchev–Trinajstić information content (AvgIpc) is 3.17. The van der Waals surface area contributed by atoms with E-state index in [1.54, 1.807) is 5.57 Å². The molecule has 4 heteroatoms. The van der Waals surface area contributed by atoms with Crippen molar-refractivity contribution in [3.63, 3.8) is 0 Å². The lowest BCUT2D eigenvalue weighted by molar-refractivity contribution is -0.114. The van der Waals surface area contributed by atoms with Crippen molar-refractivity contribution in [2.45, 2.75) is 95.4 Å². The highest BCUT2D eigenvalue weighted by molar-refractivity contribution is 5.93. The number of nitrogens with zero attached hydrogens (tertiary/aromatic N) is 1. The van der Waals surface area contributed by atoms with Gasteiger partial charge in [-0.3, -0.25) is 4.79 Å². The number of fused-ring (bicyclic) bond motifs is 4. The second kappa shape index (κ2) is 9.44. The van der Waals surface area contributed by atoms with Crippen LogP contribution in [0.5, 0.6) is 0 Å². The fourth-order valence-electron chi connectivity index (χ4n) is 8.98. The highest BCUT2D eigenvalue weighted by Gasteiger charge is 2.61. The molecule has 0 bridgehead atoms. The van der Waals surface area contributed by atoms with E-state index < -0.39 is 0 Å². The van der Waals surface area contributed by atoms with Crippen LogP contribution in [0.1, 0.15) is 95.5 Å². The molecular formula is C32H44N2O2. The number of allylic oxidation sites excluding steroid dienone is 4. The smallest absolute Gasteiger partial charge is 0.156 e. The second-order valence-electron chi connectivity index (χ2n) is 12.7. The number of carbonyl (C=O) groups excluding carboxylic acids is 1. The molecule has 4 aliphatic carbocycles. The summed E-state index contributed by atoms with van der Waals surface area (Å²) < 4.78 is 0. The van der Waals surface area contributed by atoms with Gasteiger partial charge in [0.2, 0.25) is 0 Å². The van der Waals surface area contributed by atoms with Crippen LogP contribution in [0.25, 0.3) is 0 Å². The summed E-state index contributed by atoms with van der Waals surface area (Å²) in [6.45, 7) is 5.04. The van der Waals surface area contributed by atoms with Crippen molar-refractivity contribution in [1.82, 2.24) is 0 Å². The second-order valence-corrected chi connectivity index (χ2v) is 12.7. The van der Waals surface area contributed by atoms with Crippen LogP contribution in [0.4, 0.5) is 5.69 Å². The fraction of sp³-hybridized carbons (Fsp3) is 0.656. The molecule has 3 N–H and O–H groups in total. The molecule has 3 fully saturated rings. The lowest BCUT2D eigenvalue weighted by atomic mass is 9.50. The van der Waals surface area contributed by atoms with E-state index in [1.165, 1.54) is 61.2 Å². The Morgan fingerprint density at radius 2 is 1.83 bits per heavy atom. The van der Waals surface area contributed by atoms with Gasteiger partial charge in [0.15, 0.2) is 5.78 Å². The molecule has 0 amide bonds. The van der Waals surface area contributed by atoms with Crippen LogP contribution < -0.4 is 10.6 Å². The molecule has 5 aliphatic rings. The van der Waals surface area contributed by atoms with Gasteiger partial charge in [-0.1, -0.05) is 24.6 Å². The molecule has 36 heavy (non-hydrogen) atoms. The molecule has 1 aliphatic heterocycles. The summed E-state index contributed by atoms with van der Waals surface area (Å²) in [4.78, 5) is 14.8. The normalized spacial score (nSPS) is 36.3. The molecule has 2 saturated carbocycles. The van der Waals surface area contributed by atoms with E-state index in [1.807, 2.05) is 6.08 Å². The lowest BCUT2D eigenvalue weighted by Crippen LogP contribution is -2.56. The molecule has 5 atom stereocenters. The van der Waals surface area contributed by atoms with Crippen LogP contribution in [0.3, 0.4) is 0 Å². The molecular weight excluding hydrogens is 444 g/mol. The fourth-order valence-corrected chi connectivity index (χ4v) is 8.98. The highest BCUT2D eigenvalue weighted by Crippen LogP contribution is 2.66. The van der Waals surface area contributed by atoms with Gasteiger partial charge >= 0.3 is 0 Å². The molecule has 194 valence electrons. The SMILES string of the molecule is C[C@]12CC(c3ccc(N4CCCCC4)cc3)C3=C4CCC(=O)C=C4CC[C@H]3[C@@H]1CCC2(N)CCCO. The average molecular weight is 489 g/mol. The largest absolute Gasteiger partial charge is 0.396 e. The number of piperidine rings is 1. The maximum Gasteiger partial charge on any atom is 0.156 e.